The van der Waals surface area contributed by atoms with Crippen molar-refractivity contribution in [2.24, 2.45) is 7.05 Å². The smallest absolute Gasteiger partial charge is 0.335 e. The zero-order chi connectivity index (χ0) is 19.7. The van der Waals surface area contributed by atoms with E-state index in [0.717, 1.165) is 46.7 Å². The highest BCUT2D eigenvalue weighted by Gasteiger charge is 2.23. The number of benzene rings is 2. The van der Waals surface area contributed by atoms with Crippen LogP contribution in [0.2, 0.25) is 0 Å². The third kappa shape index (κ3) is 3.13. The van der Waals surface area contributed by atoms with E-state index in [1.807, 2.05) is 43.4 Å². The Kier molecular flexibility index (Phi) is 4.61. The topological polar surface area (TPSA) is 76.4 Å². The molecule has 6 heteroatoms. The summed E-state index contributed by atoms with van der Waals surface area (Å²) in [5.41, 5.74) is 5.57. The van der Waals surface area contributed by atoms with Crippen LogP contribution in [0.25, 0.3) is 17.0 Å². The van der Waals surface area contributed by atoms with Gasteiger partial charge in [-0.2, -0.15) is 5.10 Å². The number of hydrogen-bond donors (Lipinski definition) is 2. The van der Waals surface area contributed by atoms with Crippen molar-refractivity contribution in [2.75, 3.05) is 12.4 Å². The number of rotatable bonds is 4. The van der Waals surface area contributed by atoms with E-state index in [4.69, 9.17) is 4.74 Å². The van der Waals surface area contributed by atoms with E-state index >= 15 is 0 Å². The number of hydrogen-bond acceptors (Lipinski definition) is 4. The van der Waals surface area contributed by atoms with Gasteiger partial charge in [0.2, 0.25) is 0 Å². The van der Waals surface area contributed by atoms with Crippen molar-refractivity contribution in [3.05, 3.63) is 71.4 Å². The Balaban J connectivity index is 1.79. The van der Waals surface area contributed by atoms with E-state index in [1.54, 1.807) is 23.9 Å². The molecule has 6 nitrogen and oxygen atoms in total. The number of carboxylic acids is 1. The summed E-state index contributed by atoms with van der Waals surface area (Å²) < 4.78 is 7.54. The van der Waals surface area contributed by atoms with Crippen LogP contribution in [0.4, 0.5) is 5.69 Å². The van der Waals surface area contributed by atoms with Crippen molar-refractivity contribution in [3.8, 4) is 17.0 Å². The fourth-order valence-corrected chi connectivity index (χ4v) is 3.55. The van der Waals surface area contributed by atoms with Crippen molar-refractivity contribution in [1.82, 2.24) is 9.78 Å². The van der Waals surface area contributed by atoms with Gasteiger partial charge in [0.1, 0.15) is 11.4 Å². The van der Waals surface area contributed by atoms with Gasteiger partial charge in [-0.15, -0.1) is 0 Å². The molecule has 0 radical (unpaired) electrons. The quantitative estimate of drug-likeness (QED) is 0.715. The fraction of sp³-hybridized carbons (Fsp3) is 0.182. The molecule has 0 fully saturated rings. The Labute approximate surface area is 163 Å². The number of nitrogens with zero attached hydrogens (tertiary/aromatic N) is 2. The molecule has 28 heavy (non-hydrogen) atoms. The van der Waals surface area contributed by atoms with Crippen molar-refractivity contribution in [1.29, 1.82) is 0 Å². The Morgan fingerprint density at radius 2 is 2.00 bits per heavy atom. The normalized spacial score (nSPS) is 13.1. The Bertz CT molecular complexity index is 1070. The summed E-state index contributed by atoms with van der Waals surface area (Å²) in [4.78, 5) is 11.4. The molecule has 0 unspecified atom stereocenters. The van der Waals surface area contributed by atoms with Gasteiger partial charge in [-0.3, -0.25) is 4.68 Å². The van der Waals surface area contributed by atoms with Crippen molar-refractivity contribution >= 4 is 17.4 Å². The molecule has 142 valence electrons. The second kappa shape index (κ2) is 7.23. The van der Waals surface area contributed by atoms with Gasteiger partial charge in [-0.1, -0.05) is 42.5 Å². The van der Waals surface area contributed by atoms with Gasteiger partial charge in [-0.25, -0.2) is 4.79 Å². The maximum absolute atomic E-state index is 11.4. The summed E-state index contributed by atoms with van der Waals surface area (Å²) in [7, 11) is 3.52. The molecule has 4 rings (SSSR count). The third-order valence-electron chi connectivity index (χ3n) is 4.90. The summed E-state index contributed by atoms with van der Waals surface area (Å²) in [5, 5.41) is 17.4. The first kappa shape index (κ1) is 17.9. The third-order valence-corrected chi connectivity index (χ3v) is 4.90. The number of anilines is 1. The molecular formula is C22H21N3O3. The van der Waals surface area contributed by atoms with E-state index in [0.29, 0.717) is 5.75 Å². The molecule has 0 atom stereocenters. The van der Waals surface area contributed by atoms with Gasteiger partial charge in [-0.05, 0) is 30.5 Å². The SMILES string of the molecule is COc1c(-c2ccccc2)nn(C)c1C1=CCCc2ccc(C(=O)O)cc2N1. The monoisotopic (exact) mass is 375 g/mol. The van der Waals surface area contributed by atoms with Gasteiger partial charge in [0.15, 0.2) is 5.75 Å². The van der Waals surface area contributed by atoms with Gasteiger partial charge < -0.3 is 15.2 Å². The van der Waals surface area contributed by atoms with E-state index in [2.05, 4.69) is 16.5 Å². The lowest BCUT2D eigenvalue weighted by atomic mass is 10.1. The van der Waals surface area contributed by atoms with Crippen molar-refractivity contribution in [3.63, 3.8) is 0 Å². The van der Waals surface area contributed by atoms with Crippen LogP contribution in [-0.2, 0) is 13.5 Å². The molecule has 2 heterocycles. The number of aryl methyl sites for hydroxylation is 2. The Hall–Kier alpha value is -3.54. The minimum Gasteiger partial charge on any atom is -0.492 e. The molecule has 0 aliphatic carbocycles. The number of nitrogens with one attached hydrogen (secondary N) is 1. The highest BCUT2D eigenvalue weighted by Crippen LogP contribution is 2.38. The maximum atomic E-state index is 11.4. The number of aromatic carboxylic acids is 1. The lowest BCUT2D eigenvalue weighted by molar-refractivity contribution is 0.0697. The van der Waals surface area contributed by atoms with Crippen molar-refractivity contribution < 1.29 is 14.6 Å². The summed E-state index contributed by atoms with van der Waals surface area (Å²) in [6, 6.07) is 15.1. The predicted molar refractivity (Wildman–Crippen MR) is 109 cm³/mol. The first-order valence-corrected chi connectivity index (χ1v) is 9.08. The van der Waals surface area contributed by atoms with Crippen LogP contribution >= 0.6 is 0 Å². The minimum atomic E-state index is -0.941. The Morgan fingerprint density at radius 3 is 2.71 bits per heavy atom. The summed E-state index contributed by atoms with van der Waals surface area (Å²) in [6.07, 6.45) is 3.77. The standard InChI is InChI=1S/C22H21N3O3/c1-25-20(21(28-2)19(24-25)15-7-4-3-5-8-15)17-10-6-9-14-11-12-16(22(26)27)13-18(14)23-17/h3-5,7-8,10-13,23H,6,9H2,1-2H3,(H,26,27). The molecule has 0 saturated heterocycles. The van der Waals surface area contributed by atoms with Gasteiger partial charge >= 0.3 is 5.97 Å². The van der Waals surface area contributed by atoms with Crippen LogP contribution in [0.15, 0.2) is 54.6 Å². The molecule has 2 N–H and O–H groups in total. The number of methoxy groups -OCH3 is 1. The van der Waals surface area contributed by atoms with Crippen molar-refractivity contribution in [2.45, 2.75) is 12.8 Å². The maximum Gasteiger partial charge on any atom is 0.335 e. The summed E-state index contributed by atoms with van der Waals surface area (Å²) in [5.74, 6) is -0.255. The molecule has 0 bridgehead atoms. The number of carbonyl (C=O) groups is 1. The lowest BCUT2D eigenvalue weighted by Crippen LogP contribution is -2.07. The number of carboxylic acid groups (broad SMARTS) is 1. The highest BCUT2D eigenvalue weighted by atomic mass is 16.5. The van der Waals surface area contributed by atoms with Crippen LogP contribution < -0.4 is 10.1 Å². The summed E-state index contributed by atoms with van der Waals surface area (Å²) >= 11 is 0. The molecule has 1 aliphatic rings. The number of ether oxygens (including phenoxy) is 1. The lowest BCUT2D eigenvalue weighted by Gasteiger charge is -2.14. The molecule has 2 aromatic carbocycles. The van der Waals surface area contributed by atoms with Crippen LogP contribution in [0.3, 0.4) is 0 Å². The zero-order valence-corrected chi connectivity index (χ0v) is 15.8. The average Bonchev–Trinajstić information content (AvgIpc) is 2.90. The first-order chi connectivity index (χ1) is 13.6. The first-order valence-electron chi connectivity index (χ1n) is 9.08. The largest absolute Gasteiger partial charge is 0.492 e. The molecule has 1 aliphatic heterocycles. The zero-order valence-electron chi connectivity index (χ0n) is 15.8. The van der Waals surface area contributed by atoms with Crippen LogP contribution in [0.5, 0.6) is 5.75 Å². The van der Waals surface area contributed by atoms with E-state index < -0.39 is 5.97 Å². The average molecular weight is 375 g/mol. The predicted octanol–water partition coefficient (Wildman–Crippen LogP) is 4.19. The molecule has 0 spiro atoms. The molecule has 0 saturated carbocycles. The van der Waals surface area contributed by atoms with Gasteiger partial charge in [0.25, 0.3) is 0 Å². The highest BCUT2D eigenvalue weighted by molar-refractivity contribution is 5.91. The van der Waals surface area contributed by atoms with Gasteiger partial charge in [0, 0.05) is 18.3 Å². The fourth-order valence-electron chi connectivity index (χ4n) is 3.55. The molecule has 3 aromatic rings. The van der Waals surface area contributed by atoms with Crippen LogP contribution in [-0.4, -0.2) is 28.0 Å². The van der Waals surface area contributed by atoms with Gasteiger partial charge in [0.05, 0.1) is 18.4 Å². The summed E-state index contributed by atoms with van der Waals surface area (Å²) in [6.45, 7) is 0. The van der Waals surface area contributed by atoms with E-state index in [-0.39, 0.29) is 5.56 Å². The molecule has 0 amide bonds. The number of aromatic nitrogens is 2. The second-order valence-corrected chi connectivity index (χ2v) is 6.68. The second-order valence-electron chi connectivity index (χ2n) is 6.68. The van der Waals surface area contributed by atoms with Crippen LogP contribution in [0, 0.1) is 0 Å². The van der Waals surface area contributed by atoms with E-state index in [1.165, 1.54) is 0 Å². The van der Waals surface area contributed by atoms with E-state index in [9.17, 15) is 9.90 Å². The Morgan fingerprint density at radius 1 is 1.21 bits per heavy atom. The molecular weight excluding hydrogens is 354 g/mol. The molecule has 1 aromatic heterocycles. The van der Waals surface area contributed by atoms with Crippen LogP contribution in [0.1, 0.15) is 28.0 Å². The number of fused-ring (bicyclic) bond motifs is 1. The number of allylic oxidation sites excluding steroid dienone is 1. The minimum absolute atomic E-state index is 0.259.